The van der Waals surface area contributed by atoms with Crippen molar-refractivity contribution >= 4 is 29.8 Å². The minimum Gasteiger partial charge on any atom is -0.469 e. The Labute approximate surface area is 549 Å². The maximum absolute atomic E-state index is 12.1. The third-order valence-corrected chi connectivity index (χ3v) is 18.1. The molecule has 0 aromatic carbocycles. The van der Waals surface area contributed by atoms with E-state index in [1.807, 2.05) is 0 Å². The largest absolute Gasteiger partial charge is 0.469 e. The monoisotopic (exact) mass is 1250 g/mol. The Morgan fingerprint density at radius 3 is 0.886 bits per heavy atom. The van der Waals surface area contributed by atoms with E-state index in [1.165, 1.54) is 240 Å². The van der Waals surface area contributed by atoms with Crippen LogP contribution < -0.4 is 0 Å². The summed E-state index contributed by atoms with van der Waals surface area (Å²) in [6.45, 7) is 20.3. The summed E-state index contributed by atoms with van der Waals surface area (Å²) in [7, 11) is 4.49. The fourth-order valence-corrected chi connectivity index (χ4v) is 11.9. The van der Waals surface area contributed by atoms with Gasteiger partial charge in [0.05, 0.1) is 52.8 Å². The van der Waals surface area contributed by atoms with Gasteiger partial charge in [0.2, 0.25) is 0 Å². The van der Waals surface area contributed by atoms with Crippen molar-refractivity contribution in [2.24, 2.45) is 35.5 Å². The smallest absolute Gasteiger partial charge is 0.309 e. The van der Waals surface area contributed by atoms with Gasteiger partial charge in [0.15, 0.2) is 0 Å². The number of carbonyl (C=O) groups excluding carboxylic acids is 5. The fourth-order valence-electron chi connectivity index (χ4n) is 11.9. The van der Waals surface area contributed by atoms with E-state index in [9.17, 15) is 24.0 Å². The van der Waals surface area contributed by atoms with Crippen LogP contribution in [0.1, 0.15) is 405 Å². The van der Waals surface area contributed by atoms with Crippen LogP contribution in [0.15, 0.2) is 0 Å². The van der Waals surface area contributed by atoms with Crippen molar-refractivity contribution < 1.29 is 47.7 Å². The maximum Gasteiger partial charge on any atom is 0.309 e. The minimum atomic E-state index is -0.438. The molecule has 0 spiro atoms. The molecule has 0 fully saturated rings. The molecule has 10 heteroatoms. The Morgan fingerprint density at radius 2 is 0.580 bits per heavy atom. The number of hydrogen-bond acceptors (Lipinski definition) is 10. The Morgan fingerprint density at radius 1 is 0.295 bits per heavy atom. The van der Waals surface area contributed by atoms with E-state index in [0.717, 1.165) is 102 Å². The molecule has 0 radical (unpaired) electrons. The topological polar surface area (TPSA) is 132 Å². The van der Waals surface area contributed by atoms with Crippen molar-refractivity contribution in [2.75, 3.05) is 34.5 Å². The van der Waals surface area contributed by atoms with Gasteiger partial charge in [-0.2, -0.15) is 0 Å². The molecule has 0 N–H and O–H groups in total. The molecule has 10 nitrogen and oxygen atoms in total. The summed E-state index contributed by atoms with van der Waals surface area (Å²) in [5, 5.41) is 0. The van der Waals surface area contributed by atoms with Gasteiger partial charge in [-0.05, 0) is 62.2 Å². The van der Waals surface area contributed by atoms with Gasteiger partial charge in [-0.15, -0.1) is 0 Å². The first-order valence-corrected chi connectivity index (χ1v) is 37.4. The van der Waals surface area contributed by atoms with Crippen LogP contribution in [0.5, 0.6) is 0 Å². The summed E-state index contributed by atoms with van der Waals surface area (Å²) in [5.74, 6) is 1.61. The van der Waals surface area contributed by atoms with E-state index < -0.39 is 5.92 Å². The van der Waals surface area contributed by atoms with Crippen LogP contribution in [0.25, 0.3) is 0 Å². The molecule has 528 valence electrons. The molecule has 6 atom stereocenters. The summed E-state index contributed by atoms with van der Waals surface area (Å²) >= 11 is 0. The normalized spacial score (nSPS) is 12.9. The predicted molar refractivity (Wildman–Crippen MR) is 379 cm³/mol. The van der Waals surface area contributed by atoms with Gasteiger partial charge in [-0.3, -0.25) is 24.0 Å². The van der Waals surface area contributed by atoms with E-state index in [-0.39, 0.29) is 57.0 Å². The Balaban J connectivity index is -0.000000424. The minimum absolute atomic E-state index is 0. The van der Waals surface area contributed by atoms with Gasteiger partial charge in [-0.1, -0.05) is 347 Å². The second-order valence-corrected chi connectivity index (χ2v) is 26.0. The van der Waals surface area contributed by atoms with E-state index in [1.54, 1.807) is 6.92 Å². The number of rotatable bonds is 61. The Bertz CT molecular complexity index is 1400. The molecule has 0 rings (SSSR count). The number of unbranched alkanes of at least 4 members (excludes halogenated alkanes) is 30. The SMILES string of the molecule is C.C.CCCCC(CC)COC(=O)CC(C)C(=O)OCC(CC)CCCC.CCCCCCCCC(CCCCCC)C(=O)OC.CCCCCCCCCC(CCCCCCCC(=O)OC)C(CCCCCCCCC)CCCCCCCC(=O)OC. The van der Waals surface area contributed by atoms with E-state index >= 15 is 0 Å². The van der Waals surface area contributed by atoms with Gasteiger partial charge in [0.1, 0.15) is 0 Å². The first kappa shape index (κ1) is 94.1. The average molecular weight is 1250 g/mol. The summed E-state index contributed by atoms with van der Waals surface area (Å²) in [4.78, 5) is 58.5. The molecular weight excluding hydrogens is 1100 g/mol. The van der Waals surface area contributed by atoms with Gasteiger partial charge in [-0.25, -0.2) is 0 Å². The molecule has 0 aromatic rings. The highest BCUT2D eigenvalue weighted by Crippen LogP contribution is 2.34. The average Bonchev–Trinajstić information content (AvgIpc) is 3.70. The van der Waals surface area contributed by atoms with Crippen molar-refractivity contribution in [1.82, 2.24) is 0 Å². The lowest BCUT2D eigenvalue weighted by Gasteiger charge is -2.28. The molecule has 6 unspecified atom stereocenters. The summed E-state index contributed by atoms with van der Waals surface area (Å²) in [5.41, 5.74) is 0. The number of esters is 5. The van der Waals surface area contributed by atoms with Gasteiger partial charge in [0.25, 0.3) is 0 Å². The molecule has 0 aliphatic heterocycles. The molecule has 0 amide bonds. The third-order valence-electron chi connectivity index (χ3n) is 18.1. The highest BCUT2D eigenvalue weighted by atomic mass is 16.5. The first-order valence-electron chi connectivity index (χ1n) is 37.4. The Kier molecular flexibility index (Phi) is 80.2. The highest BCUT2D eigenvalue weighted by Gasteiger charge is 2.23. The fraction of sp³-hybridized carbons (Fsp3) is 0.936. The molecule has 88 heavy (non-hydrogen) atoms. The lowest BCUT2D eigenvalue weighted by Crippen LogP contribution is -2.23. The third kappa shape index (κ3) is 64.9. The van der Waals surface area contributed by atoms with Crippen molar-refractivity contribution in [3.8, 4) is 0 Å². The zero-order chi connectivity index (χ0) is 64.4. The van der Waals surface area contributed by atoms with Gasteiger partial charge < -0.3 is 23.7 Å². The van der Waals surface area contributed by atoms with Crippen LogP contribution >= 0.6 is 0 Å². The zero-order valence-electron chi connectivity index (χ0n) is 59.5. The number of ether oxygens (including phenoxy) is 5. The standard InChI is InChI=1S/C38H74O4.C21H40O4.C17H34O2.2CH4/c1-5-7-9-11-13-17-23-29-35(31-25-19-15-21-27-33-37(39)41-3)36(30-24-18-14-12-10-8-6-2)32-26-20-16-22-28-34-38(40)42-4;1-6-10-12-18(8-3)15-24-20(22)14-17(5)21(23)25-16-19(9-4)13-11-7-2;1-4-6-8-10-11-13-15-16(17(18)19-3)14-12-9-7-5-2;;/h35-36H,5-34H2,1-4H3;17-19H,6-16H2,1-5H3;16H,4-15H2,1-3H3;2*1H4. The van der Waals surface area contributed by atoms with Crippen molar-refractivity contribution in [1.29, 1.82) is 0 Å². The molecule has 0 bridgehead atoms. The van der Waals surface area contributed by atoms with Crippen LogP contribution in [0, 0.1) is 35.5 Å². The number of methoxy groups -OCH3 is 3. The quantitative estimate of drug-likeness (QED) is 0.0329. The molecular formula is C78H156O10. The molecule has 0 saturated carbocycles. The summed E-state index contributed by atoms with van der Waals surface area (Å²) in [6.07, 6.45) is 62.1. The van der Waals surface area contributed by atoms with Crippen molar-refractivity contribution in [3.63, 3.8) is 0 Å². The number of hydrogen-bond donors (Lipinski definition) is 0. The zero-order valence-corrected chi connectivity index (χ0v) is 59.5. The molecule has 0 heterocycles. The van der Waals surface area contributed by atoms with Crippen molar-refractivity contribution in [3.05, 3.63) is 0 Å². The first-order chi connectivity index (χ1) is 41.8. The lowest BCUT2D eigenvalue weighted by molar-refractivity contribution is -0.156. The van der Waals surface area contributed by atoms with Crippen LogP contribution in [-0.2, 0) is 47.7 Å². The van der Waals surface area contributed by atoms with E-state index in [4.69, 9.17) is 23.7 Å². The van der Waals surface area contributed by atoms with Crippen LogP contribution in [-0.4, -0.2) is 64.4 Å². The summed E-state index contributed by atoms with van der Waals surface area (Å²) < 4.78 is 25.3. The second kappa shape index (κ2) is 75.1. The molecule has 0 aliphatic carbocycles. The lowest BCUT2D eigenvalue weighted by atomic mass is 9.78. The van der Waals surface area contributed by atoms with E-state index in [0.29, 0.717) is 37.9 Å². The number of carbonyl (C=O) groups is 5. The molecule has 0 aliphatic rings. The molecule has 0 aromatic heterocycles. The van der Waals surface area contributed by atoms with Gasteiger partial charge in [0, 0.05) is 12.8 Å². The second-order valence-electron chi connectivity index (χ2n) is 26.0. The predicted octanol–water partition coefficient (Wildman–Crippen LogP) is 24.6. The van der Waals surface area contributed by atoms with E-state index in [2.05, 4.69) is 55.4 Å². The van der Waals surface area contributed by atoms with Crippen LogP contribution in [0.3, 0.4) is 0 Å². The van der Waals surface area contributed by atoms with Crippen molar-refractivity contribution in [2.45, 2.75) is 405 Å². The highest BCUT2D eigenvalue weighted by molar-refractivity contribution is 5.79. The maximum atomic E-state index is 12.1. The summed E-state index contributed by atoms with van der Waals surface area (Å²) in [6, 6.07) is 0. The Hall–Kier alpha value is -2.65. The van der Waals surface area contributed by atoms with Gasteiger partial charge >= 0.3 is 29.8 Å². The molecule has 0 saturated heterocycles. The van der Waals surface area contributed by atoms with Crippen LogP contribution in [0.2, 0.25) is 0 Å². The van der Waals surface area contributed by atoms with Crippen LogP contribution in [0.4, 0.5) is 0 Å².